The summed E-state index contributed by atoms with van der Waals surface area (Å²) in [6.07, 6.45) is 0. The molecule has 4 rings (SSSR count). The van der Waals surface area contributed by atoms with Gasteiger partial charge in [0.25, 0.3) is 0 Å². The molecule has 1 aliphatic rings. The predicted octanol–water partition coefficient (Wildman–Crippen LogP) is 2.56. The Kier molecular flexibility index (Phi) is 3.96. The summed E-state index contributed by atoms with van der Waals surface area (Å²) in [5.74, 6) is 0. The molecule has 0 bridgehead atoms. The van der Waals surface area contributed by atoms with Gasteiger partial charge in [-0.2, -0.15) is 5.10 Å². The normalized spacial score (nSPS) is 16.7. The number of H-pyrrole nitrogens is 1. The number of benzene rings is 2. The molecule has 1 fully saturated rings. The zero-order chi connectivity index (χ0) is 16.5. The van der Waals surface area contributed by atoms with Crippen molar-refractivity contribution in [3.05, 3.63) is 48.0 Å². The van der Waals surface area contributed by atoms with E-state index in [9.17, 15) is 0 Å². The van der Waals surface area contributed by atoms with E-state index in [2.05, 4.69) is 51.3 Å². The van der Waals surface area contributed by atoms with Crippen molar-refractivity contribution in [1.29, 1.82) is 0 Å². The van der Waals surface area contributed by atoms with E-state index >= 15 is 0 Å². The van der Waals surface area contributed by atoms with Gasteiger partial charge in [0.1, 0.15) is 0 Å². The van der Waals surface area contributed by atoms with E-state index in [1.54, 1.807) is 0 Å². The van der Waals surface area contributed by atoms with Gasteiger partial charge in [-0.25, -0.2) is 0 Å². The van der Waals surface area contributed by atoms with Gasteiger partial charge in [0.05, 0.1) is 11.2 Å². The van der Waals surface area contributed by atoms with E-state index in [0.29, 0.717) is 0 Å². The van der Waals surface area contributed by atoms with E-state index in [4.69, 9.17) is 5.73 Å². The predicted molar refractivity (Wildman–Crippen MR) is 98.7 cm³/mol. The molecular weight excluding hydrogens is 298 g/mol. The van der Waals surface area contributed by atoms with Gasteiger partial charge in [0.2, 0.25) is 0 Å². The molecule has 0 spiro atoms. The average molecular weight is 321 g/mol. The fourth-order valence-electron chi connectivity index (χ4n) is 3.34. The zero-order valence-corrected chi connectivity index (χ0v) is 14.0. The summed E-state index contributed by atoms with van der Waals surface area (Å²) in [6.45, 7) is 5.55. The number of rotatable bonds is 3. The van der Waals surface area contributed by atoms with E-state index < -0.39 is 0 Å². The summed E-state index contributed by atoms with van der Waals surface area (Å²) in [5, 5.41) is 8.70. The number of hydrogen-bond acceptors (Lipinski definition) is 4. The monoisotopic (exact) mass is 321 g/mol. The Hall–Kier alpha value is -2.37. The summed E-state index contributed by atoms with van der Waals surface area (Å²) in [4.78, 5) is 4.90. The quantitative estimate of drug-likeness (QED) is 0.728. The highest BCUT2D eigenvalue weighted by Gasteiger charge is 2.14. The number of fused-ring (bicyclic) bond motifs is 1. The molecule has 0 amide bonds. The largest absolute Gasteiger partial charge is 0.399 e. The second-order valence-corrected chi connectivity index (χ2v) is 6.66. The van der Waals surface area contributed by atoms with Crippen LogP contribution in [0.2, 0.25) is 0 Å². The molecule has 3 N–H and O–H groups in total. The lowest BCUT2D eigenvalue weighted by molar-refractivity contribution is 0.148. The number of nitrogens with one attached hydrogen (secondary N) is 1. The third kappa shape index (κ3) is 3.00. The Morgan fingerprint density at radius 3 is 2.75 bits per heavy atom. The summed E-state index contributed by atoms with van der Waals surface area (Å²) in [6, 6.07) is 14.6. The van der Waals surface area contributed by atoms with Crippen molar-refractivity contribution in [3.8, 4) is 11.3 Å². The van der Waals surface area contributed by atoms with E-state index in [1.165, 1.54) is 5.56 Å². The minimum Gasteiger partial charge on any atom is -0.399 e. The van der Waals surface area contributed by atoms with Crippen molar-refractivity contribution in [2.24, 2.45) is 0 Å². The van der Waals surface area contributed by atoms with Crippen LogP contribution in [0.5, 0.6) is 0 Å². The molecule has 1 aromatic heterocycles. The maximum atomic E-state index is 5.85. The molecule has 5 nitrogen and oxygen atoms in total. The Labute approximate surface area is 142 Å². The highest BCUT2D eigenvalue weighted by Crippen LogP contribution is 2.28. The molecule has 124 valence electrons. The highest BCUT2D eigenvalue weighted by atomic mass is 15.2. The number of piperazine rings is 1. The first-order chi connectivity index (χ1) is 11.7. The number of aromatic amines is 1. The summed E-state index contributed by atoms with van der Waals surface area (Å²) in [5.41, 5.74) is 11.1. The summed E-state index contributed by atoms with van der Waals surface area (Å²) < 4.78 is 0. The number of hydrogen-bond donors (Lipinski definition) is 2. The Bertz CT molecular complexity index is 846. The second kappa shape index (κ2) is 6.26. The maximum absolute atomic E-state index is 5.85. The third-order valence-electron chi connectivity index (χ3n) is 4.79. The molecule has 0 unspecified atom stereocenters. The molecular formula is C19H23N5. The number of likely N-dealkylation sites (N-methyl/N-ethyl adjacent to an activating group) is 1. The molecule has 5 heteroatoms. The molecule has 1 aliphatic heterocycles. The minimum absolute atomic E-state index is 0.751. The first kappa shape index (κ1) is 15.2. The van der Waals surface area contributed by atoms with Gasteiger partial charge in [-0.15, -0.1) is 0 Å². The van der Waals surface area contributed by atoms with Crippen LogP contribution < -0.4 is 5.73 Å². The molecule has 0 radical (unpaired) electrons. The fraction of sp³-hybridized carbons (Fsp3) is 0.316. The average Bonchev–Trinajstić information content (AvgIpc) is 3.00. The van der Waals surface area contributed by atoms with E-state index in [-0.39, 0.29) is 0 Å². The molecule has 3 aromatic rings. The molecule has 0 aliphatic carbocycles. The van der Waals surface area contributed by atoms with Gasteiger partial charge in [0.15, 0.2) is 0 Å². The van der Waals surface area contributed by atoms with Crippen molar-refractivity contribution in [3.63, 3.8) is 0 Å². The standard InChI is InChI=1S/C19H23N5/c1-23-7-9-24(10-8-23)13-14-3-2-4-15(11-14)19-17-6-5-16(20)12-18(17)21-22-19/h2-6,11-12H,7-10,13,20H2,1H3,(H,21,22). The van der Waals surface area contributed by atoms with Crippen LogP contribution >= 0.6 is 0 Å². The van der Waals surface area contributed by atoms with E-state index in [1.807, 2.05) is 18.2 Å². The molecule has 2 heterocycles. The Morgan fingerprint density at radius 2 is 1.92 bits per heavy atom. The Morgan fingerprint density at radius 1 is 1.08 bits per heavy atom. The van der Waals surface area contributed by atoms with Gasteiger partial charge in [-0.3, -0.25) is 10.00 Å². The number of nitrogen functional groups attached to an aromatic ring is 1. The van der Waals surface area contributed by atoms with Crippen LogP contribution in [-0.4, -0.2) is 53.2 Å². The Balaban J connectivity index is 1.60. The van der Waals surface area contributed by atoms with Crippen LogP contribution in [-0.2, 0) is 6.54 Å². The number of nitrogens with zero attached hydrogens (tertiary/aromatic N) is 3. The molecule has 1 saturated heterocycles. The van der Waals surface area contributed by atoms with Gasteiger partial charge < -0.3 is 10.6 Å². The van der Waals surface area contributed by atoms with Crippen molar-refractivity contribution in [1.82, 2.24) is 20.0 Å². The van der Waals surface area contributed by atoms with Crippen LogP contribution in [0.1, 0.15) is 5.56 Å². The van der Waals surface area contributed by atoms with Crippen LogP contribution in [0, 0.1) is 0 Å². The van der Waals surface area contributed by atoms with Crippen molar-refractivity contribution >= 4 is 16.6 Å². The smallest absolute Gasteiger partial charge is 0.0999 e. The van der Waals surface area contributed by atoms with Crippen LogP contribution in [0.3, 0.4) is 0 Å². The van der Waals surface area contributed by atoms with Crippen molar-refractivity contribution < 1.29 is 0 Å². The first-order valence-electron chi connectivity index (χ1n) is 8.43. The third-order valence-corrected chi connectivity index (χ3v) is 4.79. The maximum Gasteiger partial charge on any atom is 0.0999 e. The van der Waals surface area contributed by atoms with Crippen LogP contribution in [0.25, 0.3) is 22.2 Å². The molecule has 0 atom stereocenters. The number of nitrogens with two attached hydrogens (primary N) is 1. The van der Waals surface area contributed by atoms with Crippen molar-refractivity contribution in [2.45, 2.75) is 6.54 Å². The molecule has 2 aromatic carbocycles. The lowest BCUT2D eigenvalue weighted by Gasteiger charge is -2.32. The summed E-state index contributed by atoms with van der Waals surface area (Å²) in [7, 11) is 2.19. The number of anilines is 1. The van der Waals surface area contributed by atoms with Gasteiger partial charge in [-0.1, -0.05) is 18.2 Å². The highest BCUT2D eigenvalue weighted by molar-refractivity contribution is 5.94. The summed E-state index contributed by atoms with van der Waals surface area (Å²) >= 11 is 0. The fourth-order valence-corrected chi connectivity index (χ4v) is 3.34. The lowest BCUT2D eigenvalue weighted by atomic mass is 10.0. The second-order valence-electron chi connectivity index (χ2n) is 6.66. The molecule has 0 saturated carbocycles. The number of aromatic nitrogens is 2. The SMILES string of the molecule is CN1CCN(Cc2cccc(-c3n[nH]c4cc(N)ccc34)c2)CC1. The molecule has 24 heavy (non-hydrogen) atoms. The topological polar surface area (TPSA) is 61.2 Å². The lowest BCUT2D eigenvalue weighted by Crippen LogP contribution is -2.43. The minimum atomic E-state index is 0.751. The first-order valence-corrected chi connectivity index (χ1v) is 8.43. The van der Waals surface area contributed by atoms with Crippen LogP contribution in [0.4, 0.5) is 5.69 Å². The van der Waals surface area contributed by atoms with Crippen molar-refractivity contribution in [2.75, 3.05) is 39.0 Å². The van der Waals surface area contributed by atoms with Gasteiger partial charge in [-0.05, 0) is 36.9 Å². The van der Waals surface area contributed by atoms with Crippen LogP contribution in [0.15, 0.2) is 42.5 Å². The zero-order valence-electron chi connectivity index (χ0n) is 14.0. The van der Waals surface area contributed by atoms with E-state index in [0.717, 1.165) is 60.6 Å². The van der Waals surface area contributed by atoms with Gasteiger partial charge in [0, 0.05) is 49.4 Å². The van der Waals surface area contributed by atoms with Gasteiger partial charge >= 0.3 is 0 Å².